The van der Waals surface area contributed by atoms with E-state index in [1.807, 2.05) is 24.3 Å². The van der Waals surface area contributed by atoms with E-state index in [9.17, 15) is 8.42 Å². The Balaban J connectivity index is 1.77. The van der Waals surface area contributed by atoms with Crippen molar-refractivity contribution in [3.05, 3.63) is 54.1 Å². The fourth-order valence-corrected chi connectivity index (χ4v) is 4.08. The number of hydrogen-bond acceptors (Lipinski definition) is 4. The summed E-state index contributed by atoms with van der Waals surface area (Å²) in [4.78, 5) is 0.244. The van der Waals surface area contributed by atoms with Gasteiger partial charge in [-0.2, -0.15) is 0 Å². The first-order valence-electron chi connectivity index (χ1n) is 7.99. The second-order valence-corrected chi connectivity index (χ2v) is 7.90. The van der Waals surface area contributed by atoms with Crippen molar-refractivity contribution >= 4 is 15.7 Å². The molecular weight excluding hydrogens is 324 g/mol. The number of anilines is 1. The van der Waals surface area contributed by atoms with Crippen molar-refractivity contribution in [3.63, 3.8) is 0 Å². The molecule has 1 aliphatic carbocycles. The van der Waals surface area contributed by atoms with Crippen LogP contribution in [-0.2, 0) is 16.4 Å². The molecule has 0 aliphatic heterocycles. The standard InChI is InChI=1S/C18H22N2O3S/c1-23-16-4-2-3-13(11-16)12-18(14-5-6-14)20-24(21,22)17-9-7-15(19)8-10-17/h2-4,7-11,14,18,20H,5-6,12,19H2,1H3/t18-/m1/s1. The predicted octanol–water partition coefficient (Wildman–Crippen LogP) is 2.58. The van der Waals surface area contributed by atoms with E-state index >= 15 is 0 Å². The molecule has 1 aliphatic rings. The zero-order valence-electron chi connectivity index (χ0n) is 13.6. The number of rotatable bonds is 7. The summed E-state index contributed by atoms with van der Waals surface area (Å²) in [5.41, 5.74) is 7.24. The number of methoxy groups -OCH3 is 1. The number of sulfonamides is 1. The average molecular weight is 346 g/mol. The van der Waals surface area contributed by atoms with Gasteiger partial charge in [0.15, 0.2) is 0 Å². The predicted molar refractivity (Wildman–Crippen MR) is 94.4 cm³/mol. The Morgan fingerprint density at radius 3 is 2.54 bits per heavy atom. The van der Waals surface area contributed by atoms with E-state index in [4.69, 9.17) is 10.5 Å². The van der Waals surface area contributed by atoms with Crippen LogP contribution in [0.25, 0.3) is 0 Å². The van der Waals surface area contributed by atoms with Crippen LogP contribution < -0.4 is 15.2 Å². The van der Waals surface area contributed by atoms with E-state index in [0.29, 0.717) is 18.0 Å². The molecule has 1 atom stereocenters. The van der Waals surface area contributed by atoms with E-state index in [1.54, 1.807) is 19.2 Å². The van der Waals surface area contributed by atoms with Crippen molar-refractivity contribution in [2.75, 3.05) is 12.8 Å². The van der Waals surface area contributed by atoms with Crippen LogP contribution in [0, 0.1) is 5.92 Å². The van der Waals surface area contributed by atoms with Crippen LogP contribution in [0.1, 0.15) is 18.4 Å². The molecule has 1 fully saturated rings. The Hall–Kier alpha value is -2.05. The number of ether oxygens (including phenoxy) is 1. The first-order chi connectivity index (χ1) is 11.5. The fourth-order valence-electron chi connectivity index (χ4n) is 2.77. The lowest BCUT2D eigenvalue weighted by Gasteiger charge is -2.19. The Bertz CT molecular complexity index is 799. The van der Waals surface area contributed by atoms with Gasteiger partial charge in [0.25, 0.3) is 0 Å². The molecule has 2 aromatic rings. The van der Waals surface area contributed by atoms with Gasteiger partial charge in [0.2, 0.25) is 10.0 Å². The van der Waals surface area contributed by atoms with E-state index < -0.39 is 10.0 Å². The largest absolute Gasteiger partial charge is 0.497 e. The molecule has 0 amide bonds. The monoisotopic (exact) mass is 346 g/mol. The topological polar surface area (TPSA) is 81.4 Å². The first kappa shape index (κ1) is 16.8. The smallest absolute Gasteiger partial charge is 0.240 e. The SMILES string of the molecule is COc1cccc(C[C@@H](NS(=O)(=O)c2ccc(N)cc2)C2CC2)c1. The minimum Gasteiger partial charge on any atom is -0.497 e. The molecule has 3 N–H and O–H groups in total. The van der Waals surface area contributed by atoms with Crippen molar-refractivity contribution < 1.29 is 13.2 Å². The van der Waals surface area contributed by atoms with Crippen LogP contribution in [0.4, 0.5) is 5.69 Å². The molecule has 0 spiro atoms. The highest BCUT2D eigenvalue weighted by molar-refractivity contribution is 7.89. The summed E-state index contributed by atoms with van der Waals surface area (Å²) in [5.74, 6) is 1.17. The van der Waals surface area contributed by atoms with Gasteiger partial charge in [-0.05, 0) is 67.1 Å². The lowest BCUT2D eigenvalue weighted by atomic mass is 10.0. The summed E-state index contributed by atoms with van der Waals surface area (Å²) in [6, 6.07) is 13.9. The average Bonchev–Trinajstić information content (AvgIpc) is 3.39. The molecule has 0 unspecified atom stereocenters. The zero-order chi connectivity index (χ0) is 17.2. The van der Waals surface area contributed by atoms with Crippen LogP contribution in [0.5, 0.6) is 5.75 Å². The minimum atomic E-state index is -3.55. The molecule has 128 valence electrons. The van der Waals surface area contributed by atoms with E-state index in [0.717, 1.165) is 24.2 Å². The third-order valence-electron chi connectivity index (χ3n) is 4.28. The Kier molecular flexibility index (Phi) is 4.78. The van der Waals surface area contributed by atoms with Crippen LogP contribution in [-0.4, -0.2) is 21.6 Å². The van der Waals surface area contributed by atoms with Gasteiger partial charge >= 0.3 is 0 Å². The van der Waals surface area contributed by atoms with Crippen molar-refractivity contribution in [2.24, 2.45) is 5.92 Å². The highest BCUT2D eigenvalue weighted by atomic mass is 32.2. The van der Waals surface area contributed by atoms with Gasteiger partial charge in [-0.25, -0.2) is 13.1 Å². The summed E-state index contributed by atoms with van der Waals surface area (Å²) in [6.07, 6.45) is 2.76. The van der Waals surface area contributed by atoms with Gasteiger partial charge in [-0.15, -0.1) is 0 Å². The molecule has 0 aromatic heterocycles. The molecular formula is C18H22N2O3S. The molecule has 0 bridgehead atoms. The molecule has 0 radical (unpaired) electrons. The maximum absolute atomic E-state index is 12.6. The van der Waals surface area contributed by atoms with Gasteiger partial charge in [-0.1, -0.05) is 12.1 Å². The molecule has 2 aromatic carbocycles. The van der Waals surface area contributed by atoms with Crippen molar-refractivity contribution in [2.45, 2.75) is 30.2 Å². The minimum absolute atomic E-state index is 0.111. The Morgan fingerprint density at radius 2 is 1.92 bits per heavy atom. The summed E-state index contributed by atoms with van der Waals surface area (Å²) in [6.45, 7) is 0. The summed E-state index contributed by atoms with van der Waals surface area (Å²) in [7, 11) is -1.93. The third-order valence-corrected chi connectivity index (χ3v) is 5.78. The first-order valence-corrected chi connectivity index (χ1v) is 9.47. The summed E-state index contributed by atoms with van der Waals surface area (Å²) in [5, 5.41) is 0. The number of hydrogen-bond donors (Lipinski definition) is 2. The molecule has 6 heteroatoms. The second-order valence-electron chi connectivity index (χ2n) is 6.19. The highest BCUT2D eigenvalue weighted by Crippen LogP contribution is 2.35. The Morgan fingerprint density at radius 1 is 1.21 bits per heavy atom. The second kappa shape index (κ2) is 6.83. The van der Waals surface area contributed by atoms with Crippen LogP contribution in [0.15, 0.2) is 53.4 Å². The van der Waals surface area contributed by atoms with E-state index in [-0.39, 0.29) is 10.9 Å². The van der Waals surface area contributed by atoms with Crippen LogP contribution >= 0.6 is 0 Å². The van der Waals surface area contributed by atoms with E-state index in [1.165, 1.54) is 12.1 Å². The third kappa shape index (κ3) is 4.07. The summed E-state index contributed by atoms with van der Waals surface area (Å²) < 4.78 is 33.4. The Labute approximate surface area is 142 Å². The molecule has 5 nitrogen and oxygen atoms in total. The van der Waals surface area contributed by atoms with E-state index in [2.05, 4.69) is 4.72 Å². The van der Waals surface area contributed by atoms with Gasteiger partial charge in [0.05, 0.1) is 12.0 Å². The number of nitrogens with two attached hydrogens (primary N) is 1. The number of benzene rings is 2. The van der Waals surface area contributed by atoms with Crippen molar-refractivity contribution in [1.29, 1.82) is 0 Å². The number of nitrogens with one attached hydrogen (secondary N) is 1. The maximum Gasteiger partial charge on any atom is 0.240 e. The van der Waals surface area contributed by atoms with Crippen LogP contribution in [0.3, 0.4) is 0 Å². The number of nitrogen functional groups attached to an aromatic ring is 1. The van der Waals surface area contributed by atoms with Crippen molar-refractivity contribution in [1.82, 2.24) is 4.72 Å². The summed E-state index contributed by atoms with van der Waals surface area (Å²) >= 11 is 0. The van der Waals surface area contributed by atoms with Gasteiger partial charge in [-0.3, -0.25) is 0 Å². The fraction of sp³-hybridized carbons (Fsp3) is 0.333. The van der Waals surface area contributed by atoms with Crippen LogP contribution in [0.2, 0.25) is 0 Å². The highest BCUT2D eigenvalue weighted by Gasteiger charge is 2.34. The molecule has 1 saturated carbocycles. The maximum atomic E-state index is 12.6. The normalized spacial score (nSPS) is 15.9. The molecule has 0 heterocycles. The van der Waals surface area contributed by atoms with Gasteiger partial charge in [0.1, 0.15) is 5.75 Å². The van der Waals surface area contributed by atoms with Gasteiger partial charge < -0.3 is 10.5 Å². The molecule has 24 heavy (non-hydrogen) atoms. The molecule has 3 rings (SSSR count). The lowest BCUT2D eigenvalue weighted by molar-refractivity contribution is 0.413. The quantitative estimate of drug-likeness (QED) is 0.755. The zero-order valence-corrected chi connectivity index (χ0v) is 14.4. The lowest BCUT2D eigenvalue weighted by Crippen LogP contribution is -2.38. The molecule has 0 saturated heterocycles. The van der Waals surface area contributed by atoms with Crippen molar-refractivity contribution in [3.8, 4) is 5.75 Å². The van der Waals surface area contributed by atoms with Gasteiger partial charge in [0, 0.05) is 11.7 Å².